The summed E-state index contributed by atoms with van der Waals surface area (Å²) in [6.07, 6.45) is 0.810. The van der Waals surface area contributed by atoms with Crippen molar-refractivity contribution in [2.45, 2.75) is 12.8 Å². The number of amides is 1. The zero-order valence-electron chi connectivity index (χ0n) is 13.0. The number of furan rings is 1. The fourth-order valence-corrected chi connectivity index (χ4v) is 2.34. The van der Waals surface area contributed by atoms with Gasteiger partial charge in [-0.1, -0.05) is 23.7 Å². The van der Waals surface area contributed by atoms with Crippen molar-refractivity contribution in [2.24, 2.45) is 0 Å². The number of hydrogen-bond donors (Lipinski definition) is 0. The number of esters is 1. The fraction of sp³-hybridized carbons (Fsp3) is 0.294. The number of halogens is 1. The lowest BCUT2D eigenvalue weighted by atomic mass is 10.2. The van der Waals surface area contributed by atoms with Crippen molar-refractivity contribution in [1.82, 2.24) is 4.90 Å². The molecule has 1 amide bonds. The first kappa shape index (κ1) is 17.1. The van der Waals surface area contributed by atoms with Crippen molar-refractivity contribution < 1.29 is 18.7 Å². The fourth-order valence-electron chi connectivity index (χ4n) is 2.11. The lowest BCUT2D eigenvalue weighted by Gasteiger charge is -2.15. The van der Waals surface area contributed by atoms with Crippen molar-refractivity contribution in [3.05, 3.63) is 47.2 Å². The Balaban J connectivity index is 2.01. The highest BCUT2D eigenvalue weighted by molar-refractivity contribution is 6.33. The van der Waals surface area contributed by atoms with Crippen LogP contribution < -0.4 is 0 Å². The number of rotatable bonds is 6. The molecule has 1 aromatic heterocycles. The van der Waals surface area contributed by atoms with E-state index in [0.717, 1.165) is 5.56 Å². The number of hydrogen-bond acceptors (Lipinski definition) is 4. The summed E-state index contributed by atoms with van der Waals surface area (Å²) in [4.78, 5) is 24.9. The maximum atomic E-state index is 12.3. The highest BCUT2D eigenvalue weighted by Crippen LogP contribution is 2.29. The average Bonchev–Trinajstić information content (AvgIpc) is 3.03. The molecule has 0 spiro atoms. The summed E-state index contributed by atoms with van der Waals surface area (Å²) >= 11 is 6.12. The minimum absolute atomic E-state index is 0.237. The van der Waals surface area contributed by atoms with E-state index < -0.39 is 0 Å². The Morgan fingerprint density at radius 1 is 1.22 bits per heavy atom. The predicted octanol–water partition coefficient (Wildman–Crippen LogP) is 3.63. The minimum atomic E-state index is -0.287. The van der Waals surface area contributed by atoms with Crippen LogP contribution in [0.1, 0.15) is 23.4 Å². The zero-order chi connectivity index (χ0) is 16.8. The number of carbonyl (C=O) groups is 2. The second kappa shape index (κ2) is 7.83. The van der Waals surface area contributed by atoms with Gasteiger partial charge in [-0.15, -0.1) is 0 Å². The van der Waals surface area contributed by atoms with Gasteiger partial charge in [0.05, 0.1) is 12.1 Å². The van der Waals surface area contributed by atoms with Gasteiger partial charge in [0.25, 0.3) is 5.91 Å². The summed E-state index contributed by atoms with van der Waals surface area (Å²) in [5.41, 5.74) is 0.738. The second-order valence-corrected chi connectivity index (χ2v) is 5.46. The summed E-state index contributed by atoms with van der Waals surface area (Å²) in [5.74, 6) is 0.250. The molecule has 23 heavy (non-hydrogen) atoms. The summed E-state index contributed by atoms with van der Waals surface area (Å²) in [7, 11) is 3.01. The molecule has 0 N–H and O–H groups in total. The Kier molecular flexibility index (Phi) is 5.82. The van der Waals surface area contributed by atoms with Crippen LogP contribution in [0, 0.1) is 0 Å². The van der Waals surface area contributed by atoms with E-state index in [1.807, 2.05) is 18.2 Å². The molecule has 5 nitrogen and oxygen atoms in total. The average molecular weight is 336 g/mol. The number of carbonyl (C=O) groups excluding carboxylic acids is 2. The topological polar surface area (TPSA) is 59.8 Å². The molecule has 0 saturated heterocycles. The van der Waals surface area contributed by atoms with Crippen LogP contribution in [0.3, 0.4) is 0 Å². The van der Waals surface area contributed by atoms with Crippen LogP contribution in [0.15, 0.2) is 40.8 Å². The minimum Gasteiger partial charge on any atom is -0.469 e. The normalized spacial score (nSPS) is 10.4. The Morgan fingerprint density at radius 2 is 1.96 bits per heavy atom. The third kappa shape index (κ3) is 4.36. The standard InChI is InChI=1S/C17H18ClNO4/c1-19(11-5-8-16(20)22-2)17(21)15-10-9-14(23-15)12-6-3-4-7-13(12)18/h3-4,6-7,9-10H,5,8,11H2,1-2H3. The van der Waals surface area contributed by atoms with E-state index in [-0.39, 0.29) is 24.1 Å². The van der Waals surface area contributed by atoms with Gasteiger partial charge in [0.1, 0.15) is 5.76 Å². The monoisotopic (exact) mass is 335 g/mol. The number of nitrogens with zero attached hydrogens (tertiary/aromatic N) is 1. The van der Waals surface area contributed by atoms with Crippen LogP contribution in [-0.2, 0) is 9.53 Å². The zero-order valence-corrected chi connectivity index (χ0v) is 13.8. The SMILES string of the molecule is COC(=O)CCCN(C)C(=O)c1ccc(-c2ccccc2Cl)o1. The van der Waals surface area contributed by atoms with E-state index in [1.165, 1.54) is 12.0 Å². The summed E-state index contributed by atoms with van der Waals surface area (Å²) < 4.78 is 10.2. The predicted molar refractivity (Wildman–Crippen MR) is 87.4 cm³/mol. The first-order chi connectivity index (χ1) is 11.0. The van der Waals surface area contributed by atoms with E-state index >= 15 is 0 Å². The molecule has 122 valence electrons. The quantitative estimate of drug-likeness (QED) is 0.756. The van der Waals surface area contributed by atoms with Crippen LogP contribution in [0.4, 0.5) is 0 Å². The summed E-state index contributed by atoms with van der Waals surface area (Å²) in [6.45, 7) is 0.441. The molecule has 0 atom stereocenters. The maximum Gasteiger partial charge on any atom is 0.305 e. The lowest BCUT2D eigenvalue weighted by molar-refractivity contribution is -0.140. The van der Waals surface area contributed by atoms with Crippen LogP contribution in [0.2, 0.25) is 5.02 Å². The Morgan fingerprint density at radius 3 is 2.65 bits per heavy atom. The third-order valence-electron chi connectivity index (χ3n) is 3.40. The van der Waals surface area contributed by atoms with Gasteiger partial charge in [0.2, 0.25) is 0 Å². The van der Waals surface area contributed by atoms with Gasteiger partial charge in [0.15, 0.2) is 5.76 Å². The van der Waals surface area contributed by atoms with Crippen LogP contribution in [0.25, 0.3) is 11.3 Å². The molecule has 0 fully saturated rings. The van der Waals surface area contributed by atoms with E-state index in [4.69, 9.17) is 16.0 Å². The van der Waals surface area contributed by atoms with Crippen molar-refractivity contribution >= 4 is 23.5 Å². The van der Waals surface area contributed by atoms with Gasteiger partial charge in [-0.2, -0.15) is 0 Å². The molecule has 0 unspecified atom stereocenters. The third-order valence-corrected chi connectivity index (χ3v) is 3.73. The van der Waals surface area contributed by atoms with E-state index in [2.05, 4.69) is 4.74 Å². The largest absolute Gasteiger partial charge is 0.469 e. The Labute approximate surface area is 139 Å². The van der Waals surface area contributed by atoms with Crippen LogP contribution >= 0.6 is 11.6 Å². The Bertz CT molecular complexity index is 695. The van der Waals surface area contributed by atoms with E-state index in [1.54, 1.807) is 25.2 Å². The first-order valence-corrected chi connectivity index (χ1v) is 7.57. The molecule has 0 saturated carbocycles. The molecule has 2 rings (SSSR count). The van der Waals surface area contributed by atoms with Crippen molar-refractivity contribution in [3.63, 3.8) is 0 Å². The molecule has 1 aromatic carbocycles. The smallest absolute Gasteiger partial charge is 0.305 e. The molecule has 0 aliphatic rings. The van der Waals surface area contributed by atoms with Crippen molar-refractivity contribution in [2.75, 3.05) is 20.7 Å². The molecule has 2 aromatic rings. The molecular weight excluding hydrogens is 318 g/mol. The molecule has 6 heteroatoms. The van der Waals surface area contributed by atoms with Gasteiger partial charge in [-0.05, 0) is 30.7 Å². The molecular formula is C17H18ClNO4. The van der Waals surface area contributed by atoms with E-state index in [0.29, 0.717) is 23.7 Å². The number of ether oxygens (including phenoxy) is 1. The van der Waals surface area contributed by atoms with Crippen LogP contribution in [0.5, 0.6) is 0 Å². The van der Waals surface area contributed by atoms with Gasteiger partial charge >= 0.3 is 5.97 Å². The van der Waals surface area contributed by atoms with Crippen molar-refractivity contribution in [1.29, 1.82) is 0 Å². The van der Waals surface area contributed by atoms with Crippen molar-refractivity contribution in [3.8, 4) is 11.3 Å². The number of benzene rings is 1. The van der Waals surface area contributed by atoms with Crippen LogP contribution in [-0.4, -0.2) is 37.5 Å². The van der Waals surface area contributed by atoms with Gasteiger partial charge in [0, 0.05) is 25.6 Å². The lowest BCUT2D eigenvalue weighted by Crippen LogP contribution is -2.27. The summed E-state index contributed by atoms with van der Waals surface area (Å²) in [6, 6.07) is 10.6. The highest BCUT2D eigenvalue weighted by atomic mass is 35.5. The van der Waals surface area contributed by atoms with Gasteiger partial charge in [-0.3, -0.25) is 9.59 Å². The number of methoxy groups -OCH3 is 1. The molecule has 0 aliphatic carbocycles. The Hall–Kier alpha value is -2.27. The molecule has 0 radical (unpaired) electrons. The molecule has 0 aliphatic heterocycles. The first-order valence-electron chi connectivity index (χ1n) is 7.20. The van der Waals surface area contributed by atoms with Gasteiger partial charge < -0.3 is 14.1 Å². The molecule has 0 bridgehead atoms. The maximum absolute atomic E-state index is 12.3. The second-order valence-electron chi connectivity index (χ2n) is 5.05. The van der Waals surface area contributed by atoms with E-state index in [9.17, 15) is 9.59 Å². The molecule has 1 heterocycles. The highest BCUT2D eigenvalue weighted by Gasteiger charge is 2.17. The van der Waals surface area contributed by atoms with Gasteiger partial charge in [-0.25, -0.2) is 0 Å². The summed E-state index contributed by atoms with van der Waals surface area (Å²) in [5, 5.41) is 0.562.